The maximum atomic E-state index is 12.6. The first kappa shape index (κ1) is 21.7. The molecule has 0 aliphatic carbocycles. The van der Waals surface area contributed by atoms with Gasteiger partial charge in [0.15, 0.2) is 0 Å². The average molecular weight is 433 g/mol. The van der Waals surface area contributed by atoms with Crippen molar-refractivity contribution >= 4 is 62.9 Å². The van der Waals surface area contributed by atoms with Gasteiger partial charge in [0, 0.05) is 27.4 Å². The number of nitrogens with zero attached hydrogens (tertiary/aromatic N) is 2. The lowest BCUT2D eigenvalue weighted by Crippen LogP contribution is -2.16. The molecule has 0 aliphatic heterocycles. The number of nitrogens with one attached hydrogen (secondary N) is 1. The normalized spacial score (nSPS) is 11.2. The predicted octanol–water partition coefficient (Wildman–Crippen LogP) is 5.21. The third kappa shape index (κ3) is 4.63. The van der Waals surface area contributed by atoms with Gasteiger partial charge in [-0.15, -0.1) is 23.7 Å². The molecule has 0 unspecified atom stereocenters. The summed E-state index contributed by atoms with van der Waals surface area (Å²) in [7, 11) is 0. The Balaban J connectivity index is 0.00000280. The molecule has 0 aliphatic rings. The number of nitrogens with two attached hydrogens (primary N) is 1. The molecule has 0 spiro atoms. The molecule has 0 saturated heterocycles. The number of halogens is 2. The van der Waals surface area contributed by atoms with Gasteiger partial charge in [-0.05, 0) is 50.2 Å². The predicted molar refractivity (Wildman–Crippen MR) is 119 cm³/mol. The number of hydrogen-bond acceptors (Lipinski definition) is 4. The minimum Gasteiger partial charge on any atom is -0.383 e. The summed E-state index contributed by atoms with van der Waals surface area (Å²) in [5, 5.41) is 13.0. The number of fused-ring (bicyclic) bond motifs is 1. The number of carbonyl (C=O) groups excluding carboxylic acids is 1. The number of anilines is 1. The lowest BCUT2D eigenvalue weighted by molar-refractivity contribution is 0.103. The largest absolute Gasteiger partial charge is 0.383 e. The number of nitriles is 1. The summed E-state index contributed by atoms with van der Waals surface area (Å²) in [6, 6.07) is 14.5. The highest BCUT2D eigenvalue weighted by molar-refractivity contribution is 7.21. The number of thiophene rings is 1. The standard InChI is InChI=1S/C20H17ClN4OS.ClH/c1-11(2)24-19(23)13-4-6-14(7-5-13)25-20(26)18-17(21)15-8-3-12(10-22)9-16(15)27-18;/h3-9,11H,1-2H3,(H2,23,24)(H,25,26);1H. The van der Waals surface area contributed by atoms with Crippen molar-refractivity contribution in [1.29, 1.82) is 5.26 Å². The van der Waals surface area contributed by atoms with Crippen LogP contribution in [0.25, 0.3) is 10.1 Å². The Morgan fingerprint density at radius 2 is 1.93 bits per heavy atom. The molecule has 144 valence electrons. The highest BCUT2D eigenvalue weighted by Crippen LogP contribution is 2.36. The Labute approximate surface area is 178 Å². The van der Waals surface area contributed by atoms with Crippen LogP contribution in [-0.4, -0.2) is 17.8 Å². The molecule has 8 heteroatoms. The lowest BCUT2D eigenvalue weighted by atomic mass is 10.2. The SMILES string of the molecule is CC(C)N=C(N)c1ccc(NC(=O)c2sc3cc(C#N)ccc3c2Cl)cc1.Cl. The molecule has 1 aromatic heterocycles. The van der Waals surface area contributed by atoms with Crippen LogP contribution in [0.1, 0.15) is 34.6 Å². The Kier molecular flexibility index (Phi) is 7.03. The molecule has 3 N–H and O–H groups in total. The van der Waals surface area contributed by atoms with Crippen LogP contribution in [0.15, 0.2) is 47.5 Å². The van der Waals surface area contributed by atoms with Crippen LogP contribution in [0.2, 0.25) is 5.02 Å². The van der Waals surface area contributed by atoms with Crippen molar-refractivity contribution in [2.24, 2.45) is 10.7 Å². The van der Waals surface area contributed by atoms with Crippen molar-refractivity contribution in [3.8, 4) is 6.07 Å². The van der Waals surface area contributed by atoms with Gasteiger partial charge in [-0.2, -0.15) is 5.26 Å². The molecule has 0 radical (unpaired) electrons. The summed E-state index contributed by atoms with van der Waals surface area (Å²) in [5.74, 6) is 0.167. The summed E-state index contributed by atoms with van der Waals surface area (Å²) < 4.78 is 0.803. The maximum absolute atomic E-state index is 12.6. The molecular formula is C20H18Cl2N4OS. The number of benzene rings is 2. The average Bonchev–Trinajstić information content (AvgIpc) is 2.98. The van der Waals surface area contributed by atoms with Crippen LogP contribution in [0.4, 0.5) is 5.69 Å². The number of rotatable bonds is 4. The smallest absolute Gasteiger partial charge is 0.267 e. The lowest BCUT2D eigenvalue weighted by Gasteiger charge is -2.07. The minimum absolute atomic E-state index is 0. The molecule has 3 aromatic rings. The van der Waals surface area contributed by atoms with Crippen molar-refractivity contribution in [2.45, 2.75) is 19.9 Å². The number of hydrogen-bond donors (Lipinski definition) is 2. The van der Waals surface area contributed by atoms with Crippen molar-refractivity contribution < 1.29 is 4.79 Å². The van der Waals surface area contributed by atoms with E-state index in [4.69, 9.17) is 22.6 Å². The number of aliphatic imine (C=N–C) groups is 1. The summed E-state index contributed by atoms with van der Waals surface area (Å²) in [4.78, 5) is 17.3. The molecular weight excluding hydrogens is 415 g/mol. The van der Waals surface area contributed by atoms with Gasteiger partial charge in [-0.25, -0.2) is 0 Å². The third-order valence-corrected chi connectivity index (χ3v) is 5.46. The van der Waals surface area contributed by atoms with Gasteiger partial charge in [-0.3, -0.25) is 9.79 Å². The molecule has 0 fully saturated rings. The van der Waals surface area contributed by atoms with E-state index in [1.165, 1.54) is 11.3 Å². The summed E-state index contributed by atoms with van der Waals surface area (Å²) >= 11 is 7.62. The van der Waals surface area contributed by atoms with E-state index in [0.29, 0.717) is 27.0 Å². The third-order valence-electron chi connectivity index (χ3n) is 3.80. The molecule has 1 amide bonds. The van der Waals surface area contributed by atoms with Crippen LogP contribution in [0, 0.1) is 11.3 Å². The zero-order chi connectivity index (χ0) is 19.6. The van der Waals surface area contributed by atoms with Crippen molar-refractivity contribution in [2.75, 3.05) is 5.32 Å². The fourth-order valence-electron chi connectivity index (χ4n) is 2.55. The fourth-order valence-corrected chi connectivity index (χ4v) is 4.00. The molecule has 1 heterocycles. The number of carbonyl (C=O) groups is 1. The fraction of sp³-hybridized carbons (Fsp3) is 0.150. The van der Waals surface area contributed by atoms with Crippen LogP contribution in [0.5, 0.6) is 0 Å². The molecule has 3 rings (SSSR count). The second kappa shape index (κ2) is 9.07. The molecule has 2 aromatic carbocycles. The molecule has 28 heavy (non-hydrogen) atoms. The first-order chi connectivity index (χ1) is 12.9. The highest BCUT2D eigenvalue weighted by atomic mass is 35.5. The van der Waals surface area contributed by atoms with Gasteiger partial charge < -0.3 is 11.1 Å². The summed E-state index contributed by atoms with van der Waals surface area (Å²) in [5.41, 5.74) is 7.91. The second-order valence-electron chi connectivity index (χ2n) is 6.21. The van der Waals surface area contributed by atoms with Gasteiger partial charge in [0.1, 0.15) is 10.7 Å². The van der Waals surface area contributed by atoms with E-state index in [1.54, 1.807) is 30.3 Å². The zero-order valence-corrected chi connectivity index (χ0v) is 17.6. The van der Waals surface area contributed by atoms with E-state index in [1.807, 2.05) is 26.0 Å². The molecule has 5 nitrogen and oxygen atoms in total. The zero-order valence-electron chi connectivity index (χ0n) is 15.2. The van der Waals surface area contributed by atoms with Crippen LogP contribution >= 0.6 is 35.3 Å². The van der Waals surface area contributed by atoms with E-state index in [-0.39, 0.29) is 24.4 Å². The van der Waals surface area contributed by atoms with Crippen LogP contribution in [-0.2, 0) is 0 Å². The van der Waals surface area contributed by atoms with Crippen molar-refractivity contribution in [3.63, 3.8) is 0 Å². The van der Waals surface area contributed by atoms with E-state index in [0.717, 1.165) is 15.6 Å². The van der Waals surface area contributed by atoms with Crippen LogP contribution < -0.4 is 11.1 Å². The van der Waals surface area contributed by atoms with E-state index in [2.05, 4.69) is 16.4 Å². The topological polar surface area (TPSA) is 91.3 Å². The minimum atomic E-state index is -0.295. The Bertz CT molecular complexity index is 1080. The summed E-state index contributed by atoms with van der Waals surface area (Å²) in [6.45, 7) is 3.91. The maximum Gasteiger partial charge on any atom is 0.267 e. The summed E-state index contributed by atoms with van der Waals surface area (Å²) in [6.07, 6.45) is 0. The van der Waals surface area contributed by atoms with Gasteiger partial charge in [0.25, 0.3) is 5.91 Å². The quantitative estimate of drug-likeness (QED) is 0.437. The Hall–Kier alpha value is -2.59. The molecule has 0 saturated carbocycles. The van der Waals surface area contributed by atoms with Crippen molar-refractivity contribution in [3.05, 3.63) is 63.5 Å². The van der Waals surface area contributed by atoms with Gasteiger partial charge in [-0.1, -0.05) is 17.7 Å². The number of amides is 1. The first-order valence-corrected chi connectivity index (χ1v) is 9.45. The van der Waals surface area contributed by atoms with Gasteiger partial charge in [0.05, 0.1) is 16.7 Å². The van der Waals surface area contributed by atoms with E-state index < -0.39 is 0 Å². The second-order valence-corrected chi connectivity index (χ2v) is 7.64. The monoisotopic (exact) mass is 432 g/mol. The van der Waals surface area contributed by atoms with E-state index >= 15 is 0 Å². The number of amidine groups is 1. The molecule has 0 atom stereocenters. The van der Waals surface area contributed by atoms with E-state index in [9.17, 15) is 4.79 Å². The Morgan fingerprint density at radius 1 is 1.25 bits per heavy atom. The van der Waals surface area contributed by atoms with Crippen LogP contribution in [0.3, 0.4) is 0 Å². The highest BCUT2D eigenvalue weighted by Gasteiger charge is 2.17. The van der Waals surface area contributed by atoms with Crippen molar-refractivity contribution in [1.82, 2.24) is 0 Å². The molecule has 0 bridgehead atoms. The van der Waals surface area contributed by atoms with Gasteiger partial charge >= 0.3 is 0 Å². The Morgan fingerprint density at radius 3 is 2.54 bits per heavy atom. The first-order valence-electron chi connectivity index (χ1n) is 8.26. The van der Waals surface area contributed by atoms with Gasteiger partial charge in [0.2, 0.25) is 0 Å².